The molecule has 2 heterocycles. The molecular weight excluding hydrogens is 190 g/mol. The van der Waals surface area contributed by atoms with E-state index in [4.69, 9.17) is 5.73 Å². The number of benzene rings is 1. The number of amides is 1. The standard InChI is InChI=1S/C11H9N3O/c12-11(15)10-5-7-6-3-4-13-8(6)1-2-9(7)14-10/h1-5,13-14H,(H2,12,15). The minimum Gasteiger partial charge on any atom is -0.364 e. The van der Waals surface area contributed by atoms with Crippen molar-refractivity contribution < 1.29 is 4.79 Å². The second kappa shape index (κ2) is 2.63. The summed E-state index contributed by atoms with van der Waals surface area (Å²) in [5, 5.41) is 2.11. The molecule has 0 aliphatic rings. The molecule has 4 nitrogen and oxygen atoms in total. The van der Waals surface area contributed by atoms with Crippen molar-refractivity contribution in [3.05, 3.63) is 36.2 Å². The number of hydrogen-bond donors (Lipinski definition) is 3. The Morgan fingerprint density at radius 2 is 1.93 bits per heavy atom. The van der Waals surface area contributed by atoms with E-state index in [1.807, 2.05) is 24.4 Å². The maximum atomic E-state index is 11.0. The van der Waals surface area contributed by atoms with E-state index in [0.29, 0.717) is 5.69 Å². The highest BCUT2D eigenvalue weighted by atomic mass is 16.1. The van der Waals surface area contributed by atoms with E-state index in [0.717, 1.165) is 21.8 Å². The van der Waals surface area contributed by atoms with Gasteiger partial charge in [-0.1, -0.05) is 0 Å². The highest BCUT2D eigenvalue weighted by Crippen LogP contribution is 2.24. The maximum absolute atomic E-state index is 11.0. The van der Waals surface area contributed by atoms with Crippen molar-refractivity contribution in [1.82, 2.24) is 9.97 Å². The van der Waals surface area contributed by atoms with E-state index >= 15 is 0 Å². The molecule has 0 fully saturated rings. The number of H-pyrrole nitrogens is 2. The maximum Gasteiger partial charge on any atom is 0.265 e. The van der Waals surface area contributed by atoms with Crippen LogP contribution in [-0.2, 0) is 0 Å². The van der Waals surface area contributed by atoms with Gasteiger partial charge in [0.25, 0.3) is 5.91 Å². The summed E-state index contributed by atoms with van der Waals surface area (Å²) in [6.45, 7) is 0. The zero-order valence-corrected chi connectivity index (χ0v) is 7.87. The normalized spacial score (nSPS) is 11.2. The number of nitrogens with two attached hydrogens (primary N) is 1. The van der Waals surface area contributed by atoms with Gasteiger partial charge in [0.1, 0.15) is 5.69 Å². The lowest BCUT2D eigenvalue weighted by molar-refractivity contribution is 0.0996. The molecular formula is C11H9N3O. The van der Waals surface area contributed by atoms with Gasteiger partial charge in [-0.3, -0.25) is 4.79 Å². The molecule has 2 aromatic heterocycles. The molecule has 15 heavy (non-hydrogen) atoms. The van der Waals surface area contributed by atoms with Crippen molar-refractivity contribution in [3.8, 4) is 0 Å². The van der Waals surface area contributed by atoms with E-state index in [1.165, 1.54) is 0 Å². The van der Waals surface area contributed by atoms with Crippen molar-refractivity contribution in [1.29, 1.82) is 0 Å². The van der Waals surface area contributed by atoms with Gasteiger partial charge >= 0.3 is 0 Å². The van der Waals surface area contributed by atoms with Crippen molar-refractivity contribution >= 4 is 27.7 Å². The summed E-state index contributed by atoms with van der Waals surface area (Å²) in [4.78, 5) is 17.1. The van der Waals surface area contributed by atoms with Crippen LogP contribution < -0.4 is 5.73 Å². The van der Waals surface area contributed by atoms with Gasteiger partial charge in [-0.2, -0.15) is 0 Å². The fourth-order valence-electron chi connectivity index (χ4n) is 1.88. The lowest BCUT2D eigenvalue weighted by Gasteiger charge is -1.91. The van der Waals surface area contributed by atoms with Gasteiger partial charge in [-0.05, 0) is 24.3 Å². The first-order chi connectivity index (χ1) is 7.25. The van der Waals surface area contributed by atoms with Crippen LogP contribution in [0.25, 0.3) is 21.8 Å². The highest BCUT2D eigenvalue weighted by molar-refractivity contribution is 6.08. The number of aromatic nitrogens is 2. The smallest absolute Gasteiger partial charge is 0.265 e. The molecule has 0 bridgehead atoms. The lowest BCUT2D eigenvalue weighted by atomic mass is 10.1. The average Bonchev–Trinajstić information content (AvgIpc) is 2.82. The topological polar surface area (TPSA) is 74.7 Å². The third-order valence-electron chi connectivity index (χ3n) is 2.60. The number of nitrogens with one attached hydrogen (secondary N) is 2. The van der Waals surface area contributed by atoms with Crippen molar-refractivity contribution in [2.45, 2.75) is 0 Å². The van der Waals surface area contributed by atoms with Crippen LogP contribution in [0.5, 0.6) is 0 Å². The summed E-state index contributed by atoms with van der Waals surface area (Å²) in [6.07, 6.45) is 1.88. The Morgan fingerprint density at radius 3 is 2.73 bits per heavy atom. The Bertz CT molecular complexity index is 663. The number of rotatable bonds is 1. The minimum atomic E-state index is -0.435. The van der Waals surface area contributed by atoms with Crippen molar-refractivity contribution in [2.75, 3.05) is 0 Å². The van der Waals surface area contributed by atoms with Gasteiger partial charge in [-0.25, -0.2) is 0 Å². The summed E-state index contributed by atoms with van der Waals surface area (Å²) in [5.41, 5.74) is 7.64. The van der Waals surface area contributed by atoms with Gasteiger partial charge < -0.3 is 15.7 Å². The third-order valence-corrected chi connectivity index (χ3v) is 2.60. The first kappa shape index (κ1) is 8.11. The monoisotopic (exact) mass is 199 g/mol. The number of aromatic amines is 2. The number of hydrogen-bond acceptors (Lipinski definition) is 1. The average molecular weight is 199 g/mol. The SMILES string of the molecule is NC(=O)c1cc2c(ccc3[nH]ccc32)[nH]1. The zero-order chi connectivity index (χ0) is 10.4. The van der Waals surface area contributed by atoms with E-state index in [-0.39, 0.29) is 0 Å². The second-order valence-corrected chi connectivity index (χ2v) is 3.51. The fraction of sp³-hybridized carbons (Fsp3) is 0. The largest absolute Gasteiger partial charge is 0.364 e. The Balaban J connectivity index is 2.46. The molecule has 4 N–H and O–H groups in total. The second-order valence-electron chi connectivity index (χ2n) is 3.51. The quantitative estimate of drug-likeness (QED) is 0.548. The van der Waals surface area contributed by atoms with Crippen LogP contribution in [0, 0.1) is 0 Å². The Hall–Kier alpha value is -2.23. The van der Waals surface area contributed by atoms with E-state index in [2.05, 4.69) is 9.97 Å². The minimum absolute atomic E-state index is 0.435. The van der Waals surface area contributed by atoms with Gasteiger partial charge in [0.05, 0.1) is 0 Å². The Morgan fingerprint density at radius 1 is 1.13 bits per heavy atom. The lowest BCUT2D eigenvalue weighted by Crippen LogP contribution is -2.10. The van der Waals surface area contributed by atoms with E-state index in [9.17, 15) is 4.79 Å². The van der Waals surface area contributed by atoms with Crippen LogP contribution in [0.4, 0.5) is 0 Å². The van der Waals surface area contributed by atoms with E-state index < -0.39 is 5.91 Å². The van der Waals surface area contributed by atoms with Crippen LogP contribution in [0.15, 0.2) is 30.5 Å². The molecule has 3 rings (SSSR count). The van der Waals surface area contributed by atoms with Crippen LogP contribution in [0.2, 0.25) is 0 Å². The zero-order valence-electron chi connectivity index (χ0n) is 7.87. The summed E-state index contributed by atoms with van der Waals surface area (Å²) >= 11 is 0. The first-order valence-electron chi connectivity index (χ1n) is 4.64. The highest BCUT2D eigenvalue weighted by Gasteiger charge is 2.08. The molecule has 1 amide bonds. The van der Waals surface area contributed by atoms with Gasteiger partial charge in [0.2, 0.25) is 0 Å². The first-order valence-corrected chi connectivity index (χ1v) is 4.64. The number of fused-ring (bicyclic) bond motifs is 3. The third kappa shape index (κ3) is 1.05. The van der Waals surface area contributed by atoms with Gasteiger partial charge in [0, 0.05) is 28.0 Å². The summed E-state index contributed by atoms with van der Waals surface area (Å²) in [5.74, 6) is -0.435. The fourth-order valence-corrected chi connectivity index (χ4v) is 1.88. The number of primary amides is 1. The van der Waals surface area contributed by atoms with Crippen LogP contribution in [0.1, 0.15) is 10.5 Å². The van der Waals surface area contributed by atoms with Crippen LogP contribution in [0.3, 0.4) is 0 Å². The summed E-state index contributed by atoms with van der Waals surface area (Å²) in [6, 6.07) is 7.67. The molecule has 4 heteroatoms. The number of carbonyl (C=O) groups is 1. The molecule has 0 unspecified atom stereocenters. The van der Waals surface area contributed by atoms with Crippen LogP contribution >= 0.6 is 0 Å². The number of carbonyl (C=O) groups excluding carboxylic acids is 1. The van der Waals surface area contributed by atoms with Gasteiger partial charge in [-0.15, -0.1) is 0 Å². The van der Waals surface area contributed by atoms with Crippen molar-refractivity contribution in [3.63, 3.8) is 0 Å². The van der Waals surface area contributed by atoms with Gasteiger partial charge in [0.15, 0.2) is 0 Å². The predicted octanol–water partition coefficient (Wildman–Crippen LogP) is 1.75. The molecule has 0 saturated carbocycles. The molecule has 0 atom stereocenters. The van der Waals surface area contributed by atoms with Crippen molar-refractivity contribution in [2.24, 2.45) is 5.73 Å². The molecule has 74 valence electrons. The Kier molecular flexibility index (Phi) is 1.42. The molecule has 0 saturated heterocycles. The molecule has 3 aromatic rings. The summed E-state index contributed by atoms with van der Waals surface area (Å²) in [7, 11) is 0. The van der Waals surface area contributed by atoms with Crippen LogP contribution in [-0.4, -0.2) is 15.9 Å². The van der Waals surface area contributed by atoms with E-state index in [1.54, 1.807) is 6.07 Å². The molecule has 0 aliphatic carbocycles. The molecule has 1 aromatic carbocycles. The summed E-state index contributed by atoms with van der Waals surface area (Å²) < 4.78 is 0. The molecule has 0 radical (unpaired) electrons. The predicted molar refractivity (Wildman–Crippen MR) is 58.7 cm³/mol. The Labute approximate surface area is 85.1 Å². The molecule has 0 spiro atoms. The molecule has 0 aliphatic heterocycles.